The van der Waals surface area contributed by atoms with Crippen molar-refractivity contribution in [2.24, 2.45) is 0 Å². The van der Waals surface area contributed by atoms with Crippen molar-refractivity contribution >= 4 is 27.6 Å². The molecule has 160 valence electrons. The summed E-state index contributed by atoms with van der Waals surface area (Å²) in [6.07, 6.45) is 0. The van der Waals surface area contributed by atoms with E-state index in [9.17, 15) is 18.0 Å². The van der Waals surface area contributed by atoms with E-state index in [0.717, 1.165) is 5.56 Å². The number of hydrogen-bond acceptors (Lipinski definition) is 6. The van der Waals surface area contributed by atoms with Crippen molar-refractivity contribution in [2.75, 3.05) is 37.6 Å². The summed E-state index contributed by atoms with van der Waals surface area (Å²) in [7, 11) is -3.91. The predicted molar refractivity (Wildman–Crippen MR) is 111 cm³/mol. The zero-order valence-corrected chi connectivity index (χ0v) is 17.7. The predicted octanol–water partition coefficient (Wildman–Crippen LogP) is 2.12. The zero-order valence-electron chi connectivity index (χ0n) is 16.9. The molecule has 9 heteroatoms. The lowest BCUT2D eigenvalue weighted by Gasteiger charge is -2.26. The van der Waals surface area contributed by atoms with Crippen LogP contribution in [0.2, 0.25) is 0 Å². The Morgan fingerprint density at radius 1 is 1.10 bits per heavy atom. The minimum atomic E-state index is -3.91. The maximum absolute atomic E-state index is 12.8. The average molecular weight is 432 g/mol. The van der Waals surface area contributed by atoms with E-state index in [-0.39, 0.29) is 16.4 Å². The molecule has 3 rings (SSSR count). The number of morpholine rings is 1. The van der Waals surface area contributed by atoms with Crippen molar-refractivity contribution in [3.05, 3.63) is 59.2 Å². The molecule has 1 heterocycles. The van der Waals surface area contributed by atoms with Gasteiger partial charge in [-0.3, -0.25) is 9.52 Å². The molecule has 1 aliphatic heterocycles. The van der Waals surface area contributed by atoms with Gasteiger partial charge in [0.15, 0.2) is 6.61 Å². The van der Waals surface area contributed by atoms with Crippen molar-refractivity contribution in [1.82, 2.24) is 4.90 Å². The van der Waals surface area contributed by atoms with E-state index < -0.39 is 22.6 Å². The molecule has 0 bridgehead atoms. The summed E-state index contributed by atoms with van der Waals surface area (Å²) in [4.78, 5) is 26.1. The molecule has 0 radical (unpaired) electrons. The minimum Gasteiger partial charge on any atom is -0.452 e. The molecular formula is C21H24N2O6S. The number of rotatable bonds is 6. The van der Waals surface area contributed by atoms with Crippen LogP contribution in [-0.4, -0.2) is 58.1 Å². The Morgan fingerprint density at radius 2 is 1.83 bits per heavy atom. The summed E-state index contributed by atoms with van der Waals surface area (Å²) in [5, 5.41) is 0. The number of sulfonamides is 1. The number of amides is 1. The van der Waals surface area contributed by atoms with E-state index in [0.29, 0.717) is 37.6 Å². The number of benzene rings is 2. The Bertz CT molecular complexity index is 1050. The fraction of sp³-hybridized carbons (Fsp3) is 0.333. The lowest BCUT2D eigenvalue weighted by Crippen LogP contribution is -2.42. The third-order valence-corrected chi connectivity index (χ3v) is 6.20. The number of nitrogens with one attached hydrogen (secondary N) is 1. The summed E-state index contributed by atoms with van der Waals surface area (Å²) in [5.41, 5.74) is 1.88. The molecule has 1 N–H and O–H groups in total. The molecule has 0 saturated carbocycles. The molecule has 30 heavy (non-hydrogen) atoms. The highest BCUT2D eigenvalue weighted by Crippen LogP contribution is 2.22. The number of carbonyl (C=O) groups excluding carboxylic acids is 2. The summed E-state index contributed by atoms with van der Waals surface area (Å²) in [5.74, 6) is -1.07. The fourth-order valence-corrected chi connectivity index (χ4v) is 4.37. The van der Waals surface area contributed by atoms with Gasteiger partial charge in [-0.05, 0) is 49.2 Å². The SMILES string of the molecule is Cc1cccc(NS(=O)(=O)c2cc(C(=O)OCC(=O)N3CCOCC3)ccc2C)c1. The molecular weight excluding hydrogens is 408 g/mol. The van der Waals surface area contributed by atoms with Gasteiger partial charge >= 0.3 is 5.97 Å². The molecule has 0 spiro atoms. The van der Waals surface area contributed by atoms with Crippen LogP contribution in [0.3, 0.4) is 0 Å². The molecule has 1 fully saturated rings. The molecule has 0 unspecified atom stereocenters. The standard InChI is InChI=1S/C21H24N2O6S/c1-15-4-3-5-18(12-15)22-30(26,27)19-13-17(7-6-16(19)2)21(25)29-14-20(24)23-8-10-28-11-9-23/h3-7,12-13,22H,8-11,14H2,1-2H3. The van der Waals surface area contributed by atoms with Crippen LogP contribution in [0.25, 0.3) is 0 Å². The topological polar surface area (TPSA) is 102 Å². The summed E-state index contributed by atoms with van der Waals surface area (Å²) >= 11 is 0. The molecule has 0 aliphatic carbocycles. The molecule has 0 atom stereocenters. The second kappa shape index (κ2) is 9.27. The minimum absolute atomic E-state index is 0.0297. The third-order valence-electron chi connectivity index (χ3n) is 4.67. The number of ether oxygens (including phenoxy) is 2. The third kappa shape index (κ3) is 5.37. The Labute approximate surface area is 175 Å². The van der Waals surface area contributed by atoms with Crippen LogP contribution in [0, 0.1) is 13.8 Å². The van der Waals surface area contributed by atoms with Gasteiger partial charge in [0.25, 0.3) is 15.9 Å². The van der Waals surface area contributed by atoms with Crippen LogP contribution >= 0.6 is 0 Å². The number of anilines is 1. The number of nitrogens with zero attached hydrogens (tertiary/aromatic N) is 1. The first kappa shape index (κ1) is 21.8. The monoisotopic (exact) mass is 432 g/mol. The van der Waals surface area contributed by atoms with Crippen molar-refractivity contribution in [1.29, 1.82) is 0 Å². The Morgan fingerprint density at radius 3 is 2.53 bits per heavy atom. The van der Waals surface area contributed by atoms with Gasteiger partial charge in [-0.1, -0.05) is 18.2 Å². The second-order valence-electron chi connectivity index (χ2n) is 7.02. The highest BCUT2D eigenvalue weighted by atomic mass is 32.2. The van der Waals surface area contributed by atoms with E-state index in [4.69, 9.17) is 9.47 Å². The van der Waals surface area contributed by atoms with Crippen LogP contribution in [0.15, 0.2) is 47.4 Å². The van der Waals surface area contributed by atoms with Gasteiger partial charge in [0.2, 0.25) is 0 Å². The zero-order chi connectivity index (χ0) is 21.7. The van der Waals surface area contributed by atoms with Gasteiger partial charge in [0.1, 0.15) is 0 Å². The van der Waals surface area contributed by atoms with Crippen LogP contribution < -0.4 is 4.72 Å². The number of carbonyl (C=O) groups is 2. The normalized spacial score (nSPS) is 14.3. The van der Waals surface area contributed by atoms with E-state index in [2.05, 4.69) is 4.72 Å². The number of aryl methyl sites for hydroxylation is 2. The highest BCUT2D eigenvalue weighted by Gasteiger charge is 2.22. The quantitative estimate of drug-likeness (QED) is 0.702. The molecule has 8 nitrogen and oxygen atoms in total. The smallest absolute Gasteiger partial charge is 0.338 e. The Balaban J connectivity index is 1.72. The Hall–Kier alpha value is -2.91. The molecule has 0 aromatic heterocycles. The summed E-state index contributed by atoms with van der Waals surface area (Å²) in [6, 6.07) is 11.2. The van der Waals surface area contributed by atoms with Gasteiger partial charge in [-0.15, -0.1) is 0 Å². The second-order valence-corrected chi connectivity index (χ2v) is 8.68. The maximum atomic E-state index is 12.8. The first-order valence-electron chi connectivity index (χ1n) is 9.49. The van der Waals surface area contributed by atoms with E-state index >= 15 is 0 Å². The van der Waals surface area contributed by atoms with Crippen LogP contribution in [0.4, 0.5) is 5.69 Å². The summed E-state index contributed by atoms with van der Waals surface area (Å²) in [6.45, 7) is 4.90. The van der Waals surface area contributed by atoms with Gasteiger partial charge in [-0.2, -0.15) is 0 Å². The fourth-order valence-electron chi connectivity index (χ4n) is 3.05. The van der Waals surface area contributed by atoms with E-state index in [1.807, 2.05) is 13.0 Å². The maximum Gasteiger partial charge on any atom is 0.338 e. The molecule has 1 aliphatic rings. The highest BCUT2D eigenvalue weighted by molar-refractivity contribution is 7.92. The van der Waals surface area contributed by atoms with Crippen molar-refractivity contribution in [2.45, 2.75) is 18.7 Å². The van der Waals surface area contributed by atoms with Crippen molar-refractivity contribution in [3.63, 3.8) is 0 Å². The van der Waals surface area contributed by atoms with Gasteiger partial charge in [0, 0.05) is 18.8 Å². The Kier molecular flexibility index (Phi) is 6.73. The van der Waals surface area contributed by atoms with Crippen LogP contribution in [0.5, 0.6) is 0 Å². The molecule has 2 aromatic rings. The van der Waals surface area contributed by atoms with E-state index in [1.165, 1.54) is 18.2 Å². The molecule has 2 aromatic carbocycles. The summed E-state index contributed by atoms with van der Waals surface area (Å²) < 4.78 is 38.5. The first-order chi connectivity index (χ1) is 14.3. The van der Waals surface area contributed by atoms with Crippen molar-refractivity contribution < 1.29 is 27.5 Å². The van der Waals surface area contributed by atoms with E-state index in [1.54, 1.807) is 30.0 Å². The van der Waals surface area contributed by atoms with Gasteiger partial charge < -0.3 is 14.4 Å². The lowest BCUT2D eigenvalue weighted by atomic mass is 10.1. The van der Waals surface area contributed by atoms with Crippen LogP contribution in [-0.2, 0) is 24.3 Å². The number of hydrogen-bond donors (Lipinski definition) is 1. The van der Waals surface area contributed by atoms with Gasteiger partial charge in [0.05, 0.1) is 23.7 Å². The molecule has 1 saturated heterocycles. The number of esters is 1. The lowest BCUT2D eigenvalue weighted by molar-refractivity contribution is -0.138. The van der Waals surface area contributed by atoms with Gasteiger partial charge in [-0.25, -0.2) is 13.2 Å². The first-order valence-corrected chi connectivity index (χ1v) is 11.0. The van der Waals surface area contributed by atoms with Crippen molar-refractivity contribution in [3.8, 4) is 0 Å². The average Bonchev–Trinajstić information content (AvgIpc) is 2.72. The largest absolute Gasteiger partial charge is 0.452 e. The molecule has 1 amide bonds. The van der Waals surface area contributed by atoms with Crippen LogP contribution in [0.1, 0.15) is 21.5 Å².